The maximum absolute atomic E-state index is 13.1. The number of amides is 2. The van der Waals surface area contributed by atoms with Crippen LogP contribution in [-0.4, -0.2) is 67.5 Å². The number of rotatable bonds is 6. The predicted molar refractivity (Wildman–Crippen MR) is 126 cm³/mol. The number of likely N-dealkylation sites (tertiary alicyclic amines) is 1. The van der Waals surface area contributed by atoms with Crippen LogP contribution in [0.25, 0.3) is 0 Å². The van der Waals surface area contributed by atoms with E-state index in [0.29, 0.717) is 26.1 Å². The van der Waals surface area contributed by atoms with Crippen molar-refractivity contribution in [2.75, 3.05) is 50.8 Å². The van der Waals surface area contributed by atoms with Crippen molar-refractivity contribution < 1.29 is 14.3 Å². The molecule has 0 unspecified atom stereocenters. The third kappa shape index (κ3) is 5.42. The van der Waals surface area contributed by atoms with Gasteiger partial charge in [0.25, 0.3) is 0 Å². The zero-order chi connectivity index (χ0) is 22.3. The molecule has 6 heteroatoms. The molecule has 2 aromatic rings. The fourth-order valence-electron chi connectivity index (χ4n) is 4.65. The molecule has 0 saturated carbocycles. The van der Waals surface area contributed by atoms with Crippen LogP contribution in [0.4, 0.5) is 5.69 Å². The van der Waals surface area contributed by atoms with E-state index in [2.05, 4.69) is 36.1 Å². The Kier molecular flexibility index (Phi) is 7.30. The molecule has 4 rings (SSSR count). The van der Waals surface area contributed by atoms with Crippen molar-refractivity contribution in [3.63, 3.8) is 0 Å². The molecule has 0 atom stereocenters. The van der Waals surface area contributed by atoms with Crippen LogP contribution in [0.5, 0.6) is 5.75 Å². The second-order valence-corrected chi connectivity index (χ2v) is 8.67. The average Bonchev–Trinajstić information content (AvgIpc) is 2.85. The first-order chi connectivity index (χ1) is 15.6. The molecule has 2 aliphatic rings. The number of piperazine rings is 1. The Labute approximate surface area is 190 Å². The number of benzene rings is 2. The van der Waals surface area contributed by atoms with Gasteiger partial charge in [0, 0.05) is 50.9 Å². The number of para-hydroxylation sites is 2. The van der Waals surface area contributed by atoms with E-state index < -0.39 is 0 Å². The minimum Gasteiger partial charge on any atom is -0.493 e. The van der Waals surface area contributed by atoms with Gasteiger partial charge in [-0.25, -0.2) is 0 Å². The molecule has 170 valence electrons. The summed E-state index contributed by atoms with van der Waals surface area (Å²) >= 11 is 0. The Morgan fingerprint density at radius 1 is 0.844 bits per heavy atom. The summed E-state index contributed by atoms with van der Waals surface area (Å²) in [4.78, 5) is 31.8. The number of hydrogen-bond donors (Lipinski definition) is 0. The van der Waals surface area contributed by atoms with Crippen LogP contribution in [0, 0.1) is 12.8 Å². The Morgan fingerprint density at radius 3 is 2.19 bits per heavy atom. The molecule has 2 fully saturated rings. The normalized spacial score (nSPS) is 17.3. The summed E-state index contributed by atoms with van der Waals surface area (Å²) in [5.74, 6) is 1.18. The molecule has 2 saturated heterocycles. The molecule has 0 N–H and O–H groups in total. The van der Waals surface area contributed by atoms with Crippen molar-refractivity contribution in [2.45, 2.75) is 26.2 Å². The predicted octanol–water partition coefficient (Wildman–Crippen LogP) is 3.35. The molecule has 0 spiro atoms. The van der Waals surface area contributed by atoms with Crippen LogP contribution in [0.3, 0.4) is 0 Å². The van der Waals surface area contributed by atoms with Crippen molar-refractivity contribution >= 4 is 17.5 Å². The van der Waals surface area contributed by atoms with Gasteiger partial charge in [-0.2, -0.15) is 0 Å². The molecule has 0 aromatic heterocycles. The maximum atomic E-state index is 13.1. The monoisotopic (exact) mass is 435 g/mol. The summed E-state index contributed by atoms with van der Waals surface area (Å²) in [6.07, 6.45) is 1.87. The van der Waals surface area contributed by atoms with Crippen LogP contribution in [0.15, 0.2) is 54.6 Å². The second kappa shape index (κ2) is 10.5. The van der Waals surface area contributed by atoms with E-state index in [4.69, 9.17) is 4.74 Å². The summed E-state index contributed by atoms with van der Waals surface area (Å²) in [7, 11) is 0. The van der Waals surface area contributed by atoms with Crippen molar-refractivity contribution in [1.29, 1.82) is 0 Å². The molecule has 2 heterocycles. The smallest absolute Gasteiger partial charge is 0.225 e. The zero-order valence-corrected chi connectivity index (χ0v) is 18.9. The topological polar surface area (TPSA) is 53.1 Å². The van der Waals surface area contributed by atoms with E-state index in [0.717, 1.165) is 44.8 Å². The molecule has 0 bridgehead atoms. The Hall–Kier alpha value is -3.02. The number of carbonyl (C=O) groups is 2. The van der Waals surface area contributed by atoms with Gasteiger partial charge in [-0.15, -0.1) is 0 Å². The number of aryl methyl sites for hydroxylation is 1. The van der Waals surface area contributed by atoms with Gasteiger partial charge in [0.15, 0.2) is 0 Å². The Morgan fingerprint density at radius 2 is 1.50 bits per heavy atom. The minimum atomic E-state index is 0.0321. The number of piperidine rings is 1. The van der Waals surface area contributed by atoms with Crippen LogP contribution >= 0.6 is 0 Å². The highest BCUT2D eigenvalue weighted by molar-refractivity contribution is 5.80. The molecule has 2 aromatic carbocycles. The van der Waals surface area contributed by atoms with E-state index in [9.17, 15) is 9.59 Å². The summed E-state index contributed by atoms with van der Waals surface area (Å²) < 4.78 is 5.64. The highest BCUT2D eigenvalue weighted by Gasteiger charge is 2.31. The van der Waals surface area contributed by atoms with Gasteiger partial charge in [-0.1, -0.05) is 36.4 Å². The third-order valence-electron chi connectivity index (χ3n) is 6.57. The minimum absolute atomic E-state index is 0.0321. The van der Waals surface area contributed by atoms with Gasteiger partial charge in [0.05, 0.1) is 13.0 Å². The van der Waals surface area contributed by atoms with E-state index in [1.807, 2.05) is 40.1 Å². The molecule has 32 heavy (non-hydrogen) atoms. The lowest BCUT2D eigenvalue weighted by Crippen LogP contribution is -2.52. The first-order valence-electron chi connectivity index (χ1n) is 11.7. The van der Waals surface area contributed by atoms with Crippen LogP contribution in [0.2, 0.25) is 0 Å². The van der Waals surface area contributed by atoms with E-state index in [1.54, 1.807) is 0 Å². The average molecular weight is 436 g/mol. The van der Waals surface area contributed by atoms with Crippen molar-refractivity contribution in [2.24, 2.45) is 5.92 Å². The quantitative estimate of drug-likeness (QED) is 0.698. The van der Waals surface area contributed by atoms with Gasteiger partial charge < -0.3 is 19.4 Å². The summed E-state index contributed by atoms with van der Waals surface area (Å²) in [5, 5.41) is 0. The number of hydrogen-bond acceptors (Lipinski definition) is 4. The van der Waals surface area contributed by atoms with E-state index >= 15 is 0 Å². The fourth-order valence-corrected chi connectivity index (χ4v) is 4.65. The molecule has 0 radical (unpaired) electrons. The Bertz CT molecular complexity index is 902. The molecule has 2 amide bonds. The number of ether oxygens (including phenoxy) is 1. The van der Waals surface area contributed by atoms with E-state index in [-0.39, 0.29) is 17.7 Å². The maximum Gasteiger partial charge on any atom is 0.225 e. The largest absolute Gasteiger partial charge is 0.493 e. The molecular weight excluding hydrogens is 402 g/mol. The molecule has 0 aliphatic carbocycles. The summed E-state index contributed by atoms with van der Waals surface area (Å²) in [6.45, 7) is 7.10. The summed E-state index contributed by atoms with van der Waals surface area (Å²) in [5.41, 5.74) is 2.54. The van der Waals surface area contributed by atoms with Crippen molar-refractivity contribution in [1.82, 2.24) is 9.80 Å². The van der Waals surface area contributed by atoms with Crippen LogP contribution < -0.4 is 9.64 Å². The third-order valence-corrected chi connectivity index (χ3v) is 6.57. The van der Waals surface area contributed by atoms with Gasteiger partial charge in [-0.3, -0.25) is 9.59 Å². The van der Waals surface area contributed by atoms with E-state index in [1.165, 1.54) is 11.3 Å². The van der Waals surface area contributed by atoms with Gasteiger partial charge >= 0.3 is 0 Å². The highest BCUT2D eigenvalue weighted by Crippen LogP contribution is 2.24. The van der Waals surface area contributed by atoms with Crippen LogP contribution in [-0.2, 0) is 9.59 Å². The zero-order valence-electron chi connectivity index (χ0n) is 18.9. The fraction of sp³-hybridized carbons (Fsp3) is 0.462. The lowest BCUT2D eigenvalue weighted by atomic mass is 9.94. The van der Waals surface area contributed by atoms with Crippen molar-refractivity contribution in [3.05, 3.63) is 60.2 Å². The first kappa shape index (κ1) is 22.2. The van der Waals surface area contributed by atoms with Gasteiger partial charge in [0.2, 0.25) is 11.8 Å². The number of anilines is 1. The molecule has 6 nitrogen and oxygen atoms in total. The lowest BCUT2D eigenvalue weighted by Gasteiger charge is -2.39. The SMILES string of the molecule is Cc1ccccc1N1CCN(C(=O)C2CCN(C(=O)CCOc3ccccc3)CC2)CC1. The molecule has 2 aliphatic heterocycles. The highest BCUT2D eigenvalue weighted by atomic mass is 16.5. The Balaban J connectivity index is 1.18. The number of nitrogens with zero attached hydrogens (tertiary/aromatic N) is 3. The van der Waals surface area contributed by atoms with Crippen molar-refractivity contribution in [3.8, 4) is 5.75 Å². The lowest BCUT2D eigenvalue weighted by molar-refractivity contribution is -0.141. The van der Waals surface area contributed by atoms with Gasteiger partial charge in [-0.05, 0) is 43.5 Å². The van der Waals surface area contributed by atoms with Crippen LogP contribution in [0.1, 0.15) is 24.8 Å². The summed E-state index contributed by atoms with van der Waals surface area (Å²) in [6, 6.07) is 18.0. The standard InChI is InChI=1S/C26H33N3O3/c1-21-7-5-6-10-24(21)27-16-18-29(19-17-27)26(31)22-11-14-28(15-12-22)25(30)13-20-32-23-8-3-2-4-9-23/h2-10,22H,11-20H2,1H3. The molecular formula is C26H33N3O3. The number of carbonyl (C=O) groups excluding carboxylic acids is 2. The van der Waals surface area contributed by atoms with Gasteiger partial charge in [0.1, 0.15) is 5.75 Å². The first-order valence-corrected chi connectivity index (χ1v) is 11.7. The second-order valence-electron chi connectivity index (χ2n) is 8.67.